The normalized spacial score (nSPS) is 11.8. The number of nitrogens with one attached hydrogen (secondary N) is 1. The van der Waals surface area contributed by atoms with Gasteiger partial charge >= 0.3 is 5.97 Å². The molecular formula is C23H21N5O3. The van der Waals surface area contributed by atoms with Crippen molar-refractivity contribution in [3.05, 3.63) is 90.4 Å². The SMILES string of the molecule is CC(C(=O)O)n1cc(C(=O)NCc2cn(-c3ccccc3)nc2-c2ccccc2)cn1. The van der Waals surface area contributed by atoms with Gasteiger partial charge in [-0.2, -0.15) is 10.2 Å². The number of rotatable bonds is 7. The number of carbonyl (C=O) groups excluding carboxylic acids is 1. The molecule has 1 atom stereocenters. The fraction of sp³-hybridized carbons (Fsp3) is 0.130. The molecule has 8 heteroatoms. The van der Waals surface area contributed by atoms with E-state index in [1.807, 2.05) is 66.9 Å². The van der Waals surface area contributed by atoms with Gasteiger partial charge < -0.3 is 10.4 Å². The van der Waals surface area contributed by atoms with Crippen LogP contribution in [0.2, 0.25) is 0 Å². The van der Waals surface area contributed by atoms with Gasteiger partial charge in [0.05, 0.1) is 23.1 Å². The van der Waals surface area contributed by atoms with Gasteiger partial charge in [0.2, 0.25) is 0 Å². The summed E-state index contributed by atoms with van der Waals surface area (Å²) in [6.07, 6.45) is 4.69. The quantitative estimate of drug-likeness (QED) is 0.482. The van der Waals surface area contributed by atoms with E-state index >= 15 is 0 Å². The van der Waals surface area contributed by atoms with E-state index in [0.29, 0.717) is 5.56 Å². The van der Waals surface area contributed by atoms with Crippen LogP contribution >= 0.6 is 0 Å². The molecule has 8 nitrogen and oxygen atoms in total. The lowest BCUT2D eigenvalue weighted by Crippen LogP contribution is -2.22. The maximum absolute atomic E-state index is 12.6. The van der Waals surface area contributed by atoms with Crippen LogP contribution in [0.1, 0.15) is 28.9 Å². The van der Waals surface area contributed by atoms with E-state index in [1.165, 1.54) is 24.0 Å². The summed E-state index contributed by atoms with van der Waals surface area (Å²) in [5.41, 5.74) is 3.80. The van der Waals surface area contributed by atoms with E-state index in [1.54, 1.807) is 4.68 Å². The van der Waals surface area contributed by atoms with E-state index in [-0.39, 0.29) is 12.5 Å². The summed E-state index contributed by atoms with van der Waals surface area (Å²) in [5, 5.41) is 20.7. The third kappa shape index (κ3) is 4.37. The van der Waals surface area contributed by atoms with Crippen LogP contribution in [0.25, 0.3) is 16.9 Å². The maximum Gasteiger partial charge on any atom is 0.328 e. The lowest BCUT2D eigenvalue weighted by molar-refractivity contribution is -0.140. The van der Waals surface area contributed by atoms with Crippen LogP contribution < -0.4 is 5.32 Å². The molecule has 31 heavy (non-hydrogen) atoms. The fourth-order valence-corrected chi connectivity index (χ4v) is 3.15. The first-order valence-electron chi connectivity index (χ1n) is 9.77. The topological polar surface area (TPSA) is 102 Å². The van der Waals surface area contributed by atoms with Crippen LogP contribution in [0, 0.1) is 0 Å². The predicted octanol–water partition coefficient (Wildman–Crippen LogP) is 3.31. The molecule has 0 saturated carbocycles. The van der Waals surface area contributed by atoms with E-state index < -0.39 is 12.0 Å². The Balaban J connectivity index is 1.57. The number of para-hydroxylation sites is 1. The molecule has 156 valence electrons. The van der Waals surface area contributed by atoms with Crippen molar-refractivity contribution in [1.29, 1.82) is 0 Å². The number of carboxylic acid groups (broad SMARTS) is 1. The smallest absolute Gasteiger partial charge is 0.328 e. The van der Waals surface area contributed by atoms with Crippen LogP contribution in [0.5, 0.6) is 0 Å². The Morgan fingerprint density at radius 3 is 2.39 bits per heavy atom. The van der Waals surface area contributed by atoms with Gasteiger partial charge in [-0.15, -0.1) is 0 Å². The van der Waals surface area contributed by atoms with Gasteiger partial charge in [-0.1, -0.05) is 48.5 Å². The molecule has 0 radical (unpaired) electrons. The number of amides is 1. The number of carboxylic acids is 1. The second-order valence-corrected chi connectivity index (χ2v) is 7.05. The summed E-state index contributed by atoms with van der Waals surface area (Å²) in [5.74, 6) is -1.36. The summed E-state index contributed by atoms with van der Waals surface area (Å²) in [6, 6.07) is 18.7. The third-order valence-corrected chi connectivity index (χ3v) is 4.92. The maximum atomic E-state index is 12.6. The molecule has 2 aromatic heterocycles. The van der Waals surface area contributed by atoms with Gasteiger partial charge in [-0.3, -0.25) is 9.48 Å². The van der Waals surface area contributed by atoms with Crippen molar-refractivity contribution >= 4 is 11.9 Å². The molecule has 2 aromatic carbocycles. The average molecular weight is 415 g/mol. The molecule has 0 aliphatic heterocycles. The zero-order valence-corrected chi connectivity index (χ0v) is 16.8. The number of carbonyl (C=O) groups is 2. The van der Waals surface area contributed by atoms with Crippen LogP contribution in [-0.2, 0) is 11.3 Å². The van der Waals surface area contributed by atoms with Gasteiger partial charge in [0.25, 0.3) is 5.91 Å². The Hall–Kier alpha value is -4.20. The molecule has 0 fully saturated rings. The summed E-state index contributed by atoms with van der Waals surface area (Å²) in [4.78, 5) is 23.7. The minimum absolute atomic E-state index is 0.259. The largest absolute Gasteiger partial charge is 0.480 e. The summed E-state index contributed by atoms with van der Waals surface area (Å²) < 4.78 is 3.04. The average Bonchev–Trinajstić information content (AvgIpc) is 3.46. The van der Waals surface area contributed by atoms with Crippen LogP contribution in [0.15, 0.2) is 79.3 Å². The standard InChI is InChI=1S/C23H21N5O3/c1-16(23(30)31)27-15-19(13-25-27)22(29)24-12-18-14-28(20-10-6-3-7-11-20)26-21(18)17-8-4-2-5-9-17/h2-11,13-16H,12H2,1H3,(H,24,29)(H,30,31). The zero-order chi connectivity index (χ0) is 21.8. The number of hydrogen-bond acceptors (Lipinski definition) is 4. The van der Waals surface area contributed by atoms with Crippen molar-refractivity contribution in [3.63, 3.8) is 0 Å². The van der Waals surface area contributed by atoms with Crippen LogP contribution in [-0.4, -0.2) is 36.5 Å². The summed E-state index contributed by atoms with van der Waals surface area (Å²) in [6.45, 7) is 1.76. The molecule has 0 aliphatic carbocycles. The molecule has 0 saturated heterocycles. The molecule has 0 aliphatic rings. The van der Waals surface area contributed by atoms with Crippen molar-refractivity contribution < 1.29 is 14.7 Å². The summed E-state index contributed by atoms with van der Waals surface area (Å²) in [7, 11) is 0. The Labute approximate surface area is 178 Å². The second kappa shape index (κ2) is 8.66. The molecule has 1 amide bonds. The van der Waals surface area contributed by atoms with Crippen molar-refractivity contribution in [3.8, 4) is 16.9 Å². The molecule has 0 bridgehead atoms. The highest BCUT2D eigenvalue weighted by molar-refractivity contribution is 5.93. The van der Waals surface area contributed by atoms with Crippen molar-refractivity contribution in [1.82, 2.24) is 24.9 Å². The van der Waals surface area contributed by atoms with Crippen molar-refractivity contribution in [2.24, 2.45) is 0 Å². The van der Waals surface area contributed by atoms with Crippen LogP contribution in [0.3, 0.4) is 0 Å². The van der Waals surface area contributed by atoms with Gasteiger partial charge in [0, 0.05) is 30.1 Å². The molecule has 4 rings (SSSR count). The number of benzene rings is 2. The lowest BCUT2D eigenvalue weighted by atomic mass is 10.1. The molecule has 0 spiro atoms. The molecule has 1 unspecified atom stereocenters. The van der Waals surface area contributed by atoms with Gasteiger partial charge in [0.1, 0.15) is 6.04 Å². The number of hydrogen-bond donors (Lipinski definition) is 2. The highest BCUT2D eigenvalue weighted by Gasteiger charge is 2.18. The lowest BCUT2D eigenvalue weighted by Gasteiger charge is -2.06. The van der Waals surface area contributed by atoms with E-state index in [4.69, 9.17) is 10.2 Å². The Kier molecular flexibility index (Phi) is 5.61. The Morgan fingerprint density at radius 1 is 1.03 bits per heavy atom. The highest BCUT2D eigenvalue weighted by Crippen LogP contribution is 2.23. The van der Waals surface area contributed by atoms with Gasteiger partial charge in [0.15, 0.2) is 0 Å². The van der Waals surface area contributed by atoms with Crippen molar-refractivity contribution in [2.75, 3.05) is 0 Å². The second-order valence-electron chi connectivity index (χ2n) is 7.05. The van der Waals surface area contributed by atoms with Gasteiger partial charge in [-0.25, -0.2) is 9.48 Å². The minimum Gasteiger partial charge on any atom is -0.480 e. The van der Waals surface area contributed by atoms with E-state index in [0.717, 1.165) is 22.5 Å². The molecule has 2 heterocycles. The van der Waals surface area contributed by atoms with Gasteiger partial charge in [-0.05, 0) is 19.1 Å². The number of nitrogens with zero attached hydrogens (tertiary/aromatic N) is 4. The zero-order valence-electron chi connectivity index (χ0n) is 16.8. The first-order chi connectivity index (χ1) is 15.0. The van der Waals surface area contributed by atoms with Crippen molar-refractivity contribution in [2.45, 2.75) is 19.5 Å². The Bertz CT molecular complexity index is 1200. The monoisotopic (exact) mass is 415 g/mol. The highest BCUT2D eigenvalue weighted by atomic mass is 16.4. The minimum atomic E-state index is -1.02. The first kappa shape index (κ1) is 20.1. The number of aliphatic carboxylic acids is 1. The van der Waals surface area contributed by atoms with Crippen LogP contribution in [0.4, 0.5) is 0 Å². The van der Waals surface area contributed by atoms with E-state index in [2.05, 4.69) is 10.4 Å². The Morgan fingerprint density at radius 2 is 1.71 bits per heavy atom. The molecule has 2 N–H and O–H groups in total. The summed E-state index contributed by atoms with van der Waals surface area (Å²) >= 11 is 0. The number of aromatic nitrogens is 4. The fourth-order valence-electron chi connectivity index (χ4n) is 3.15. The first-order valence-corrected chi connectivity index (χ1v) is 9.77. The molecule has 4 aromatic rings. The molecular weight excluding hydrogens is 394 g/mol. The third-order valence-electron chi connectivity index (χ3n) is 4.92. The predicted molar refractivity (Wildman–Crippen MR) is 115 cm³/mol. The van der Waals surface area contributed by atoms with E-state index in [9.17, 15) is 9.59 Å².